The second-order valence-electron chi connectivity index (χ2n) is 10.1. The Kier molecular flexibility index (Phi) is 7.21. The van der Waals surface area contributed by atoms with Gasteiger partial charge in [-0.05, 0) is 105 Å². The first-order chi connectivity index (χ1) is 19.4. The quantitative estimate of drug-likeness (QED) is 0.246. The molecule has 0 bridgehead atoms. The number of amidine groups is 1. The van der Waals surface area contributed by atoms with Crippen molar-refractivity contribution in [3.63, 3.8) is 0 Å². The van der Waals surface area contributed by atoms with Gasteiger partial charge in [0.2, 0.25) is 0 Å². The summed E-state index contributed by atoms with van der Waals surface area (Å²) in [5.41, 5.74) is 7.59. The van der Waals surface area contributed by atoms with Gasteiger partial charge < -0.3 is 15.2 Å². The lowest BCUT2D eigenvalue weighted by Gasteiger charge is -2.14. The number of amides is 2. The highest BCUT2D eigenvalue weighted by molar-refractivity contribution is 8.18. The monoisotopic (exact) mass is 566 g/mol. The highest BCUT2D eigenvalue weighted by Gasteiger charge is 2.29. The van der Waals surface area contributed by atoms with Crippen LogP contribution in [-0.2, 0) is 17.6 Å². The molecule has 3 heterocycles. The number of carbonyl (C=O) groups is 2. The van der Waals surface area contributed by atoms with Crippen LogP contribution in [0.2, 0.25) is 0 Å². The molecule has 8 heteroatoms. The average Bonchev–Trinajstić information content (AvgIpc) is 3.58. The number of para-hydroxylation sites is 2. The van der Waals surface area contributed by atoms with Crippen LogP contribution >= 0.6 is 23.1 Å². The predicted molar refractivity (Wildman–Crippen MR) is 166 cm³/mol. The Morgan fingerprint density at radius 2 is 1.77 bits per heavy atom. The van der Waals surface area contributed by atoms with Gasteiger partial charge in [0.05, 0.1) is 16.2 Å². The van der Waals surface area contributed by atoms with E-state index in [1.54, 1.807) is 11.3 Å². The van der Waals surface area contributed by atoms with Crippen LogP contribution in [0.25, 0.3) is 11.1 Å². The summed E-state index contributed by atoms with van der Waals surface area (Å²) < 4.78 is 2.18. The Balaban J connectivity index is 1.36. The van der Waals surface area contributed by atoms with Crippen molar-refractivity contribution in [2.75, 3.05) is 5.32 Å². The van der Waals surface area contributed by atoms with E-state index in [0.29, 0.717) is 10.1 Å². The number of hydrogen-bond donors (Lipinski definition) is 2. The van der Waals surface area contributed by atoms with E-state index in [2.05, 4.69) is 40.1 Å². The maximum atomic E-state index is 13.7. The van der Waals surface area contributed by atoms with Crippen molar-refractivity contribution in [3.05, 3.63) is 104 Å². The first kappa shape index (κ1) is 26.3. The number of aromatic nitrogens is 1. The molecule has 4 aromatic rings. The smallest absolute Gasteiger partial charge is 0.264 e. The van der Waals surface area contributed by atoms with Crippen molar-refractivity contribution in [2.24, 2.45) is 4.99 Å². The standard InChI is InChI=1S/C32H30N4O2S2/c1-19-11-7-9-15-25(19)34-32-35-29(37)27(40-32)18-22-17-20(2)36(21(22)3)31-28(24-14-8-10-16-26(24)39-31)30(38)33-23-12-5-4-6-13-23/h4-7,9,11-13,15,17-18H,8,10,14,16H2,1-3H3,(H,33,38)(H,34,35,37)/b27-18-. The van der Waals surface area contributed by atoms with E-state index in [1.165, 1.54) is 22.2 Å². The molecule has 6 rings (SSSR count). The van der Waals surface area contributed by atoms with Crippen molar-refractivity contribution in [3.8, 4) is 5.00 Å². The van der Waals surface area contributed by atoms with Gasteiger partial charge in [-0.25, -0.2) is 4.99 Å². The molecular weight excluding hydrogens is 537 g/mol. The zero-order valence-corrected chi connectivity index (χ0v) is 24.3. The maximum Gasteiger partial charge on any atom is 0.264 e. The zero-order chi connectivity index (χ0) is 27.8. The van der Waals surface area contributed by atoms with Crippen molar-refractivity contribution in [2.45, 2.75) is 46.5 Å². The van der Waals surface area contributed by atoms with Crippen LogP contribution in [-0.4, -0.2) is 21.5 Å². The fraction of sp³-hybridized carbons (Fsp3) is 0.219. The molecule has 1 aliphatic carbocycles. The molecule has 0 saturated carbocycles. The van der Waals surface area contributed by atoms with E-state index >= 15 is 0 Å². The molecule has 2 amide bonds. The molecule has 0 spiro atoms. The summed E-state index contributed by atoms with van der Waals surface area (Å²) >= 11 is 3.07. The Labute approximate surface area is 242 Å². The van der Waals surface area contributed by atoms with E-state index in [0.717, 1.165) is 70.1 Å². The zero-order valence-electron chi connectivity index (χ0n) is 22.7. The number of thioether (sulfide) groups is 1. The van der Waals surface area contributed by atoms with Crippen molar-refractivity contribution < 1.29 is 9.59 Å². The fourth-order valence-corrected chi connectivity index (χ4v) is 7.65. The summed E-state index contributed by atoms with van der Waals surface area (Å²) in [4.78, 5) is 33.1. The van der Waals surface area contributed by atoms with Gasteiger partial charge in [0.15, 0.2) is 5.17 Å². The Bertz CT molecular complexity index is 1700. The molecule has 0 radical (unpaired) electrons. The SMILES string of the molecule is Cc1ccccc1N=C1NC(=O)/C(=C/c2cc(C)n(-c3sc4c(c3C(=O)Nc3ccccc3)CCCC4)c2C)S1. The maximum absolute atomic E-state index is 13.7. The topological polar surface area (TPSA) is 75.5 Å². The van der Waals surface area contributed by atoms with Gasteiger partial charge in [-0.2, -0.15) is 0 Å². The largest absolute Gasteiger partial charge is 0.322 e. The summed E-state index contributed by atoms with van der Waals surface area (Å²) in [7, 11) is 0. The van der Waals surface area contributed by atoms with Crippen LogP contribution in [0.4, 0.5) is 11.4 Å². The van der Waals surface area contributed by atoms with E-state index in [-0.39, 0.29) is 11.8 Å². The third-order valence-corrected chi connectivity index (χ3v) is 9.55. The molecule has 202 valence electrons. The number of thiophene rings is 1. The van der Waals surface area contributed by atoms with Crippen LogP contribution in [0.15, 0.2) is 70.6 Å². The number of benzene rings is 2. The summed E-state index contributed by atoms with van der Waals surface area (Å²) in [6.45, 7) is 6.11. The third kappa shape index (κ3) is 5.05. The molecule has 2 N–H and O–H groups in total. The second kappa shape index (κ2) is 10.9. The van der Waals surface area contributed by atoms with Gasteiger partial charge >= 0.3 is 0 Å². The fourth-order valence-electron chi connectivity index (χ4n) is 5.32. The van der Waals surface area contributed by atoms with Gasteiger partial charge in [-0.3, -0.25) is 9.59 Å². The molecular formula is C32H30N4O2S2. The second-order valence-corrected chi connectivity index (χ2v) is 12.3. The Hall–Kier alpha value is -3.88. The molecule has 2 aromatic heterocycles. The first-order valence-electron chi connectivity index (χ1n) is 13.4. The number of carbonyl (C=O) groups excluding carboxylic acids is 2. The van der Waals surface area contributed by atoms with Gasteiger partial charge in [-0.15, -0.1) is 11.3 Å². The van der Waals surface area contributed by atoms with Crippen LogP contribution in [0.5, 0.6) is 0 Å². The normalized spacial score (nSPS) is 16.8. The molecule has 40 heavy (non-hydrogen) atoms. The minimum atomic E-state index is -0.156. The predicted octanol–water partition coefficient (Wildman–Crippen LogP) is 7.49. The van der Waals surface area contributed by atoms with Crippen molar-refractivity contribution in [1.29, 1.82) is 0 Å². The summed E-state index contributed by atoms with van der Waals surface area (Å²) in [6, 6.07) is 19.6. The average molecular weight is 567 g/mol. The lowest BCUT2D eigenvalue weighted by Crippen LogP contribution is -2.19. The highest BCUT2D eigenvalue weighted by atomic mass is 32.2. The number of anilines is 1. The molecule has 1 aliphatic heterocycles. The molecule has 1 saturated heterocycles. The lowest BCUT2D eigenvalue weighted by molar-refractivity contribution is -0.115. The van der Waals surface area contributed by atoms with Crippen molar-refractivity contribution >= 4 is 57.5 Å². The van der Waals surface area contributed by atoms with E-state index < -0.39 is 0 Å². The summed E-state index contributed by atoms with van der Waals surface area (Å²) in [6.07, 6.45) is 6.08. The number of aryl methyl sites for hydroxylation is 3. The lowest BCUT2D eigenvalue weighted by atomic mass is 9.95. The van der Waals surface area contributed by atoms with Crippen molar-refractivity contribution in [1.82, 2.24) is 9.88 Å². The van der Waals surface area contributed by atoms with Crippen LogP contribution in [0.1, 0.15) is 56.2 Å². The number of rotatable bonds is 5. The van der Waals surface area contributed by atoms with Gasteiger partial charge in [-0.1, -0.05) is 36.4 Å². The summed E-state index contributed by atoms with van der Waals surface area (Å²) in [5.74, 6) is -0.229. The first-order valence-corrected chi connectivity index (χ1v) is 15.1. The minimum Gasteiger partial charge on any atom is -0.322 e. The number of fused-ring (bicyclic) bond motifs is 1. The minimum absolute atomic E-state index is 0.0733. The van der Waals surface area contributed by atoms with E-state index in [4.69, 9.17) is 0 Å². The molecule has 0 unspecified atom stereocenters. The Morgan fingerprint density at radius 1 is 1.02 bits per heavy atom. The number of nitrogens with one attached hydrogen (secondary N) is 2. The number of nitrogens with zero attached hydrogens (tertiary/aromatic N) is 2. The third-order valence-electron chi connectivity index (χ3n) is 7.36. The molecule has 0 atom stereocenters. The number of hydrogen-bond acceptors (Lipinski definition) is 5. The van der Waals surface area contributed by atoms with E-state index in [1.807, 2.05) is 67.6 Å². The highest BCUT2D eigenvalue weighted by Crippen LogP contribution is 2.40. The Morgan fingerprint density at radius 3 is 2.58 bits per heavy atom. The molecule has 2 aliphatic rings. The summed E-state index contributed by atoms with van der Waals surface area (Å²) in [5, 5.41) is 7.54. The number of aliphatic imine (C=N–C) groups is 1. The van der Waals surface area contributed by atoms with Crippen LogP contribution < -0.4 is 10.6 Å². The molecule has 1 fully saturated rings. The molecule has 6 nitrogen and oxygen atoms in total. The van der Waals surface area contributed by atoms with Gasteiger partial charge in [0.25, 0.3) is 11.8 Å². The van der Waals surface area contributed by atoms with Gasteiger partial charge in [0.1, 0.15) is 5.00 Å². The molecule has 2 aromatic carbocycles. The van der Waals surface area contributed by atoms with E-state index in [9.17, 15) is 9.59 Å². The van der Waals surface area contributed by atoms with Crippen LogP contribution in [0, 0.1) is 20.8 Å². The van der Waals surface area contributed by atoms with Crippen LogP contribution in [0.3, 0.4) is 0 Å². The van der Waals surface area contributed by atoms with Gasteiger partial charge in [0, 0.05) is 22.0 Å².